The summed E-state index contributed by atoms with van der Waals surface area (Å²) in [6.45, 7) is 5.42. The molecule has 0 fully saturated rings. The fourth-order valence-corrected chi connectivity index (χ4v) is 2.82. The maximum atomic E-state index is 12.2. The first-order valence-electron chi connectivity index (χ1n) is 8.90. The molecule has 6 heteroatoms. The van der Waals surface area contributed by atoms with E-state index in [1.54, 1.807) is 12.1 Å². The number of unbranched alkanes of at least 4 members (excludes halogenated alkanes) is 1. The molecule has 25 heavy (non-hydrogen) atoms. The Hall–Kier alpha value is -2.34. The first-order chi connectivity index (χ1) is 12.3. The minimum Gasteiger partial charge on any atom is -0.494 e. The highest BCUT2D eigenvalue weighted by molar-refractivity contribution is 5.94. The maximum absolute atomic E-state index is 12.2. The van der Waals surface area contributed by atoms with Crippen LogP contribution in [0.15, 0.2) is 30.5 Å². The molecule has 6 nitrogen and oxygen atoms in total. The Bertz CT molecular complexity index is 694. The van der Waals surface area contributed by atoms with Crippen molar-refractivity contribution in [3.63, 3.8) is 0 Å². The van der Waals surface area contributed by atoms with Gasteiger partial charge < -0.3 is 14.8 Å². The number of fused-ring (bicyclic) bond motifs is 1. The van der Waals surface area contributed by atoms with Gasteiger partial charge in [0, 0.05) is 29.8 Å². The lowest BCUT2D eigenvalue weighted by Crippen LogP contribution is -2.28. The summed E-state index contributed by atoms with van der Waals surface area (Å²) in [5, 5.41) is 7.33. The minimum atomic E-state index is -0.0792. The highest BCUT2D eigenvalue weighted by atomic mass is 16.5. The van der Waals surface area contributed by atoms with Gasteiger partial charge in [0.15, 0.2) is 0 Å². The lowest BCUT2D eigenvalue weighted by molar-refractivity contribution is 0.0950. The van der Waals surface area contributed by atoms with Crippen LogP contribution < -0.4 is 10.1 Å². The molecule has 0 atom stereocenters. The molecule has 0 aliphatic carbocycles. The van der Waals surface area contributed by atoms with Crippen molar-refractivity contribution >= 4 is 5.91 Å². The van der Waals surface area contributed by atoms with Crippen molar-refractivity contribution < 1.29 is 14.3 Å². The molecule has 0 unspecified atom stereocenters. The van der Waals surface area contributed by atoms with E-state index in [-0.39, 0.29) is 5.91 Å². The van der Waals surface area contributed by atoms with Crippen LogP contribution in [0.25, 0.3) is 0 Å². The van der Waals surface area contributed by atoms with Crippen molar-refractivity contribution in [2.45, 2.75) is 39.3 Å². The van der Waals surface area contributed by atoms with Crippen LogP contribution in [0.5, 0.6) is 5.75 Å². The topological polar surface area (TPSA) is 65.4 Å². The van der Waals surface area contributed by atoms with Gasteiger partial charge in [-0.05, 0) is 30.7 Å². The number of benzene rings is 1. The number of rotatable bonds is 8. The zero-order valence-corrected chi connectivity index (χ0v) is 14.7. The molecule has 0 radical (unpaired) electrons. The van der Waals surface area contributed by atoms with E-state index in [1.165, 1.54) is 5.69 Å². The molecule has 1 aliphatic heterocycles. The number of nitrogens with zero attached hydrogens (tertiary/aromatic N) is 2. The van der Waals surface area contributed by atoms with Gasteiger partial charge in [-0.15, -0.1) is 0 Å². The first-order valence-corrected chi connectivity index (χ1v) is 8.90. The molecule has 2 aromatic rings. The molecule has 3 rings (SSSR count). The molecule has 1 aromatic heterocycles. The van der Waals surface area contributed by atoms with E-state index in [0.717, 1.165) is 37.2 Å². The quantitative estimate of drug-likeness (QED) is 0.748. The van der Waals surface area contributed by atoms with Gasteiger partial charge >= 0.3 is 0 Å². The lowest BCUT2D eigenvalue weighted by Gasteiger charge is -2.14. The fourth-order valence-electron chi connectivity index (χ4n) is 2.82. The Balaban J connectivity index is 1.47. The van der Waals surface area contributed by atoms with Crippen molar-refractivity contribution in [2.24, 2.45) is 0 Å². The van der Waals surface area contributed by atoms with E-state index in [0.29, 0.717) is 31.9 Å². The summed E-state index contributed by atoms with van der Waals surface area (Å²) in [5.74, 6) is 0.722. The Morgan fingerprint density at radius 3 is 3.00 bits per heavy atom. The van der Waals surface area contributed by atoms with Gasteiger partial charge in [0.25, 0.3) is 5.91 Å². The van der Waals surface area contributed by atoms with Gasteiger partial charge in [-0.1, -0.05) is 13.3 Å². The van der Waals surface area contributed by atoms with Crippen molar-refractivity contribution in [3.8, 4) is 5.75 Å². The van der Waals surface area contributed by atoms with Gasteiger partial charge in [-0.3, -0.25) is 9.48 Å². The van der Waals surface area contributed by atoms with Crippen LogP contribution in [0.2, 0.25) is 0 Å². The van der Waals surface area contributed by atoms with E-state index < -0.39 is 0 Å². The smallest absolute Gasteiger partial charge is 0.251 e. The van der Waals surface area contributed by atoms with Gasteiger partial charge in [0.2, 0.25) is 0 Å². The molecule has 0 bridgehead atoms. The molecule has 134 valence electrons. The molecule has 0 saturated carbocycles. The standard InChI is InChI=1S/C19H25N3O3/c1-2-3-11-25-17-6-4-15(5-7-17)19(23)20-9-10-22-18-8-12-24-14-16(18)13-21-22/h4-7,13H,2-3,8-12,14H2,1H3,(H,20,23). The van der Waals surface area contributed by atoms with Crippen LogP contribution >= 0.6 is 0 Å². The number of hydrogen-bond acceptors (Lipinski definition) is 4. The highest BCUT2D eigenvalue weighted by Gasteiger charge is 2.15. The predicted molar refractivity (Wildman–Crippen MR) is 94.8 cm³/mol. The summed E-state index contributed by atoms with van der Waals surface area (Å²) in [6.07, 6.45) is 4.87. The van der Waals surface area contributed by atoms with Gasteiger partial charge in [0.1, 0.15) is 5.75 Å². The molecule has 1 aromatic carbocycles. The number of aromatic nitrogens is 2. The number of hydrogen-bond donors (Lipinski definition) is 1. The zero-order chi connectivity index (χ0) is 17.5. The van der Waals surface area contributed by atoms with Crippen LogP contribution in [0.1, 0.15) is 41.4 Å². The van der Waals surface area contributed by atoms with Crippen LogP contribution in [-0.2, 0) is 24.3 Å². The Kier molecular flexibility index (Phi) is 6.06. The van der Waals surface area contributed by atoms with E-state index in [2.05, 4.69) is 17.3 Å². The van der Waals surface area contributed by atoms with Crippen molar-refractivity contribution in [1.82, 2.24) is 15.1 Å². The van der Waals surface area contributed by atoms with E-state index >= 15 is 0 Å². The van der Waals surface area contributed by atoms with Crippen LogP contribution in [0, 0.1) is 0 Å². The Morgan fingerprint density at radius 1 is 1.36 bits per heavy atom. The second-order valence-corrected chi connectivity index (χ2v) is 6.12. The number of carbonyl (C=O) groups is 1. The van der Waals surface area contributed by atoms with Crippen LogP contribution in [0.3, 0.4) is 0 Å². The second kappa shape index (κ2) is 8.67. The molecule has 0 saturated heterocycles. The lowest BCUT2D eigenvalue weighted by atomic mass is 10.2. The number of amides is 1. The predicted octanol–water partition coefficient (Wildman–Crippen LogP) is 2.56. The number of nitrogens with one attached hydrogen (secondary N) is 1. The average molecular weight is 343 g/mol. The monoisotopic (exact) mass is 343 g/mol. The molecular weight excluding hydrogens is 318 g/mol. The van der Waals surface area contributed by atoms with E-state index in [1.807, 2.05) is 23.0 Å². The third kappa shape index (κ3) is 4.60. The van der Waals surface area contributed by atoms with Crippen LogP contribution in [-0.4, -0.2) is 35.4 Å². The fraction of sp³-hybridized carbons (Fsp3) is 0.474. The Labute approximate surface area is 148 Å². The maximum Gasteiger partial charge on any atom is 0.251 e. The molecule has 2 heterocycles. The van der Waals surface area contributed by atoms with Gasteiger partial charge in [-0.2, -0.15) is 5.10 Å². The third-order valence-electron chi connectivity index (χ3n) is 4.27. The van der Waals surface area contributed by atoms with Crippen molar-refractivity contribution in [3.05, 3.63) is 47.3 Å². The largest absolute Gasteiger partial charge is 0.494 e. The number of ether oxygens (including phenoxy) is 2. The van der Waals surface area contributed by atoms with Gasteiger partial charge in [0.05, 0.1) is 32.6 Å². The van der Waals surface area contributed by atoms with Gasteiger partial charge in [-0.25, -0.2) is 0 Å². The summed E-state index contributed by atoms with van der Waals surface area (Å²) in [7, 11) is 0. The molecule has 1 N–H and O–H groups in total. The minimum absolute atomic E-state index is 0.0792. The second-order valence-electron chi connectivity index (χ2n) is 6.12. The molecular formula is C19H25N3O3. The van der Waals surface area contributed by atoms with Crippen molar-refractivity contribution in [2.75, 3.05) is 19.8 Å². The summed E-state index contributed by atoms with van der Waals surface area (Å²) in [6, 6.07) is 7.27. The Morgan fingerprint density at radius 2 is 2.20 bits per heavy atom. The summed E-state index contributed by atoms with van der Waals surface area (Å²) in [5.41, 5.74) is 3.00. The number of carbonyl (C=O) groups excluding carboxylic acids is 1. The van der Waals surface area contributed by atoms with Crippen LogP contribution in [0.4, 0.5) is 0 Å². The average Bonchev–Trinajstić information content (AvgIpc) is 3.06. The first kappa shape index (κ1) is 17.5. The summed E-state index contributed by atoms with van der Waals surface area (Å²) in [4.78, 5) is 12.2. The zero-order valence-electron chi connectivity index (χ0n) is 14.7. The highest BCUT2D eigenvalue weighted by Crippen LogP contribution is 2.16. The molecule has 1 amide bonds. The van der Waals surface area contributed by atoms with E-state index in [4.69, 9.17) is 9.47 Å². The summed E-state index contributed by atoms with van der Waals surface area (Å²) >= 11 is 0. The van der Waals surface area contributed by atoms with Crippen molar-refractivity contribution in [1.29, 1.82) is 0 Å². The molecule has 1 aliphatic rings. The SMILES string of the molecule is CCCCOc1ccc(C(=O)NCCn2ncc3c2CCOC3)cc1. The normalized spacial score (nSPS) is 13.3. The molecule has 0 spiro atoms. The third-order valence-corrected chi connectivity index (χ3v) is 4.27. The summed E-state index contributed by atoms with van der Waals surface area (Å²) < 4.78 is 13.0. The van der Waals surface area contributed by atoms with E-state index in [9.17, 15) is 4.79 Å².